The molecule has 2 nitrogen and oxygen atoms in total. The molecule has 1 aromatic carbocycles. The lowest BCUT2D eigenvalue weighted by molar-refractivity contribution is 0.182. The van der Waals surface area contributed by atoms with E-state index in [1.54, 1.807) is 0 Å². The summed E-state index contributed by atoms with van der Waals surface area (Å²) in [5, 5.41) is 0. The van der Waals surface area contributed by atoms with E-state index in [0.717, 1.165) is 31.7 Å². The summed E-state index contributed by atoms with van der Waals surface area (Å²) in [6.45, 7) is 7.28. The molecule has 17 heavy (non-hydrogen) atoms. The highest BCUT2D eigenvalue weighted by molar-refractivity contribution is 5.47. The Balaban J connectivity index is 2.12. The molecule has 1 unspecified atom stereocenters. The Morgan fingerprint density at radius 3 is 2.53 bits per heavy atom. The molecule has 0 aliphatic carbocycles. The summed E-state index contributed by atoms with van der Waals surface area (Å²) in [5.74, 6) is 0.407. The average molecular weight is 236 g/mol. The molecular formula is C14H21FN2. The van der Waals surface area contributed by atoms with Crippen LogP contribution in [0.25, 0.3) is 0 Å². The normalized spacial score (nSPS) is 23.8. The molecule has 94 valence electrons. The van der Waals surface area contributed by atoms with E-state index in [1.807, 2.05) is 12.1 Å². The first-order chi connectivity index (χ1) is 8.03. The summed E-state index contributed by atoms with van der Waals surface area (Å²) in [6, 6.07) is 6.76. The van der Waals surface area contributed by atoms with Crippen LogP contribution in [0.1, 0.15) is 20.3 Å². The quantitative estimate of drug-likeness (QED) is 0.855. The fourth-order valence-corrected chi connectivity index (χ4v) is 2.71. The zero-order chi connectivity index (χ0) is 12.5. The van der Waals surface area contributed by atoms with Crippen LogP contribution in [0.3, 0.4) is 0 Å². The Hall–Kier alpha value is -1.09. The lowest BCUT2D eigenvalue weighted by Gasteiger charge is -2.45. The van der Waals surface area contributed by atoms with Gasteiger partial charge in [0.2, 0.25) is 0 Å². The number of benzene rings is 1. The van der Waals surface area contributed by atoms with Gasteiger partial charge in [0.15, 0.2) is 0 Å². The number of halogens is 1. The van der Waals surface area contributed by atoms with Crippen molar-refractivity contribution in [3.63, 3.8) is 0 Å². The van der Waals surface area contributed by atoms with Crippen LogP contribution in [0.2, 0.25) is 0 Å². The van der Waals surface area contributed by atoms with Crippen LogP contribution < -0.4 is 10.6 Å². The summed E-state index contributed by atoms with van der Waals surface area (Å²) in [4.78, 5) is 2.33. The average Bonchev–Trinajstić information content (AvgIpc) is 2.28. The number of hydrogen-bond acceptors (Lipinski definition) is 2. The van der Waals surface area contributed by atoms with E-state index >= 15 is 0 Å². The lowest BCUT2D eigenvalue weighted by atomic mass is 9.74. The third kappa shape index (κ3) is 2.60. The number of hydrogen-bond donors (Lipinski definition) is 1. The van der Waals surface area contributed by atoms with E-state index in [1.165, 1.54) is 12.1 Å². The second-order valence-electron chi connectivity index (χ2n) is 5.61. The van der Waals surface area contributed by atoms with Gasteiger partial charge in [0.1, 0.15) is 5.82 Å². The molecule has 1 saturated heterocycles. The summed E-state index contributed by atoms with van der Waals surface area (Å²) in [6.07, 6.45) is 1.11. The molecule has 3 heteroatoms. The van der Waals surface area contributed by atoms with Crippen molar-refractivity contribution in [3.05, 3.63) is 30.1 Å². The van der Waals surface area contributed by atoms with Crippen molar-refractivity contribution in [1.29, 1.82) is 0 Å². The second-order valence-corrected chi connectivity index (χ2v) is 5.61. The van der Waals surface area contributed by atoms with Gasteiger partial charge in [-0.05, 0) is 48.6 Å². The van der Waals surface area contributed by atoms with Crippen LogP contribution >= 0.6 is 0 Å². The van der Waals surface area contributed by atoms with Crippen molar-refractivity contribution in [2.75, 3.05) is 24.5 Å². The van der Waals surface area contributed by atoms with E-state index in [-0.39, 0.29) is 11.2 Å². The van der Waals surface area contributed by atoms with Gasteiger partial charge < -0.3 is 10.6 Å². The van der Waals surface area contributed by atoms with Crippen LogP contribution in [0.5, 0.6) is 0 Å². The van der Waals surface area contributed by atoms with Crippen LogP contribution in [-0.2, 0) is 0 Å². The number of nitrogens with two attached hydrogens (primary N) is 1. The molecule has 0 amide bonds. The minimum Gasteiger partial charge on any atom is -0.371 e. The molecule has 1 aromatic rings. The Morgan fingerprint density at radius 2 is 2.00 bits per heavy atom. The summed E-state index contributed by atoms with van der Waals surface area (Å²) in [5.41, 5.74) is 7.14. The van der Waals surface area contributed by atoms with E-state index in [2.05, 4.69) is 18.7 Å². The van der Waals surface area contributed by atoms with Gasteiger partial charge in [-0.15, -0.1) is 0 Å². The number of rotatable bonds is 2. The van der Waals surface area contributed by atoms with Gasteiger partial charge in [-0.25, -0.2) is 4.39 Å². The molecule has 0 spiro atoms. The molecule has 0 radical (unpaired) electrons. The SMILES string of the molecule is CC1(C)CN(c2ccc(F)cc2)CCC1CN. The standard InChI is InChI=1S/C14H21FN2/c1-14(2)10-17(8-7-11(14)9-16)13-5-3-12(15)4-6-13/h3-6,11H,7-10,16H2,1-2H3. The monoisotopic (exact) mass is 236 g/mol. The molecule has 0 aromatic heterocycles. The fraction of sp³-hybridized carbons (Fsp3) is 0.571. The van der Waals surface area contributed by atoms with Gasteiger partial charge in [0.05, 0.1) is 0 Å². The molecule has 1 heterocycles. The van der Waals surface area contributed by atoms with Gasteiger partial charge in [0.25, 0.3) is 0 Å². The molecule has 2 rings (SSSR count). The van der Waals surface area contributed by atoms with Crippen LogP contribution in [-0.4, -0.2) is 19.6 Å². The maximum absolute atomic E-state index is 12.9. The first-order valence-electron chi connectivity index (χ1n) is 6.23. The molecule has 1 fully saturated rings. The summed E-state index contributed by atoms with van der Waals surface area (Å²) >= 11 is 0. The Bertz CT molecular complexity index is 372. The maximum Gasteiger partial charge on any atom is 0.123 e. The first kappa shape index (κ1) is 12.4. The van der Waals surface area contributed by atoms with Gasteiger partial charge in [-0.3, -0.25) is 0 Å². The van der Waals surface area contributed by atoms with Crippen molar-refractivity contribution >= 4 is 5.69 Å². The molecule has 0 saturated carbocycles. The Kier molecular flexibility index (Phi) is 3.38. The topological polar surface area (TPSA) is 29.3 Å². The molecular weight excluding hydrogens is 215 g/mol. The van der Waals surface area contributed by atoms with Crippen molar-refractivity contribution in [2.45, 2.75) is 20.3 Å². The number of anilines is 1. The van der Waals surface area contributed by atoms with Crippen molar-refractivity contribution in [2.24, 2.45) is 17.1 Å². The van der Waals surface area contributed by atoms with E-state index < -0.39 is 0 Å². The number of piperidine rings is 1. The highest BCUT2D eigenvalue weighted by Gasteiger charge is 2.34. The minimum atomic E-state index is -0.176. The van der Waals surface area contributed by atoms with Gasteiger partial charge in [-0.2, -0.15) is 0 Å². The zero-order valence-corrected chi connectivity index (χ0v) is 10.6. The van der Waals surface area contributed by atoms with Crippen LogP contribution in [0.15, 0.2) is 24.3 Å². The maximum atomic E-state index is 12.9. The lowest BCUT2D eigenvalue weighted by Crippen LogP contribution is -2.48. The zero-order valence-electron chi connectivity index (χ0n) is 10.6. The molecule has 1 atom stereocenters. The molecule has 1 aliphatic heterocycles. The smallest absolute Gasteiger partial charge is 0.123 e. The highest BCUT2D eigenvalue weighted by Crippen LogP contribution is 2.36. The highest BCUT2D eigenvalue weighted by atomic mass is 19.1. The third-order valence-electron chi connectivity index (χ3n) is 3.93. The van der Waals surface area contributed by atoms with Gasteiger partial charge in [-0.1, -0.05) is 13.8 Å². The molecule has 1 aliphatic rings. The Morgan fingerprint density at radius 1 is 1.35 bits per heavy atom. The van der Waals surface area contributed by atoms with E-state index in [4.69, 9.17) is 5.73 Å². The van der Waals surface area contributed by atoms with E-state index in [9.17, 15) is 4.39 Å². The second kappa shape index (κ2) is 4.65. The Labute approximate surface area is 103 Å². The molecule has 0 bridgehead atoms. The first-order valence-corrected chi connectivity index (χ1v) is 6.23. The third-order valence-corrected chi connectivity index (χ3v) is 3.93. The minimum absolute atomic E-state index is 0.176. The van der Waals surface area contributed by atoms with Crippen molar-refractivity contribution in [1.82, 2.24) is 0 Å². The van der Waals surface area contributed by atoms with Crippen molar-refractivity contribution in [3.8, 4) is 0 Å². The van der Waals surface area contributed by atoms with Crippen LogP contribution in [0.4, 0.5) is 10.1 Å². The fourth-order valence-electron chi connectivity index (χ4n) is 2.71. The summed E-state index contributed by atoms with van der Waals surface area (Å²) < 4.78 is 12.9. The summed E-state index contributed by atoms with van der Waals surface area (Å²) in [7, 11) is 0. The van der Waals surface area contributed by atoms with E-state index in [0.29, 0.717) is 5.92 Å². The van der Waals surface area contributed by atoms with Gasteiger partial charge >= 0.3 is 0 Å². The molecule has 2 N–H and O–H groups in total. The largest absolute Gasteiger partial charge is 0.371 e. The van der Waals surface area contributed by atoms with Gasteiger partial charge in [0, 0.05) is 18.8 Å². The number of nitrogens with zero attached hydrogens (tertiary/aromatic N) is 1. The van der Waals surface area contributed by atoms with Crippen LogP contribution in [0, 0.1) is 17.2 Å². The predicted octanol–water partition coefficient (Wildman–Crippen LogP) is 2.64. The van der Waals surface area contributed by atoms with Crippen molar-refractivity contribution < 1.29 is 4.39 Å². The predicted molar refractivity (Wildman–Crippen MR) is 69.6 cm³/mol.